The van der Waals surface area contributed by atoms with E-state index in [9.17, 15) is 0 Å². The standard InChI is InChI=1S/C13H22ClNOS/c1-10(2)9-15-5-7-16-6-4-12-8-11(3)13(14)17-12/h8,10,15H,4-7,9H2,1-3H3. The second-order valence-corrected chi connectivity index (χ2v) is 6.37. The van der Waals surface area contributed by atoms with E-state index < -0.39 is 0 Å². The van der Waals surface area contributed by atoms with Gasteiger partial charge in [-0.2, -0.15) is 0 Å². The number of hydrogen-bond acceptors (Lipinski definition) is 3. The summed E-state index contributed by atoms with van der Waals surface area (Å²) < 4.78 is 6.47. The highest BCUT2D eigenvalue weighted by Crippen LogP contribution is 2.26. The van der Waals surface area contributed by atoms with Gasteiger partial charge >= 0.3 is 0 Å². The summed E-state index contributed by atoms with van der Waals surface area (Å²) in [5, 5.41) is 3.35. The van der Waals surface area contributed by atoms with Gasteiger partial charge in [-0.25, -0.2) is 0 Å². The van der Waals surface area contributed by atoms with Crippen LogP contribution in [0, 0.1) is 12.8 Å². The van der Waals surface area contributed by atoms with Crippen molar-refractivity contribution in [1.82, 2.24) is 5.32 Å². The van der Waals surface area contributed by atoms with Gasteiger partial charge in [-0.05, 0) is 31.0 Å². The van der Waals surface area contributed by atoms with Crippen molar-refractivity contribution >= 4 is 22.9 Å². The number of ether oxygens (including phenoxy) is 1. The van der Waals surface area contributed by atoms with Crippen molar-refractivity contribution < 1.29 is 4.74 Å². The minimum absolute atomic E-state index is 0.700. The predicted molar refractivity (Wildman–Crippen MR) is 76.3 cm³/mol. The Morgan fingerprint density at radius 2 is 2.18 bits per heavy atom. The van der Waals surface area contributed by atoms with Crippen molar-refractivity contribution in [2.75, 3.05) is 26.3 Å². The van der Waals surface area contributed by atoms with Gasteiger partial charge in [0, 0.05) is 17.8 Å². The summed E-state index contributed by atoms with van der Waals surface area (Å²) in [6, 6.07) is 2.15. The molecule has 0 saturated heterocycles. The fourth-order valence-corrected chi connectivity index (χ4v) is 2.68. The molecular formula is C13H22ClNOS. The van der Waals surface area contributed by atoms with Crippen molar-refractivity contribution in [2.24, 2.45) is 5.92 Å². The lowest BCUT2D eigenvalue weighted by Gasteiger charge is -2.07. The van der Waals surface area contributed by atoms with Gasteiger partial charge in [0.25, 0.3) is 0 Å². The van der Waals surface area contributed by atoms with Crippen LogP contribution in [-0.2, 0) is 11.2 Å². The molecule has 0 radical (unpaired) electrons. The molecule has 0 aliphatic carbocycles. The molecule has 0 amide bonds. The molecule has 17 heavy (non-hydrogen) atoms. The van der Waals surface area contributed by atoms with Gasteiger partial charge in [0.1, 0.15) is 0 Å². The molecule has 0 aliphatic rings. The Labute approximate surface area is 113 Å². The molecule has 0 fully saturated rings. The smallest absolute Gasteiger partial charge is 0.0960 e. The lowest BCUT2D eigenvalue weighted by molar-refractivity contribution is 0.139. The molecule has 4 heteroatoms. The first kappa shape index (κ1) is 15.0. The summed E-state index contributed by atoms with van der Waals surface area (Å²) in [5.41, 5.74) is 1.17. The number of thiophene rings is 1. The molecule has 2 nitrogen and oxygen atoms in total. The van der Waals surface area contributed by atoms with Gasteiger partial charge in [-0.1, -0.05) is 25.4 Å². The maximum Gasteiger partial charge on any atom is 0.0960 e. The summed E-state index contributed by atoms with van der Waals surface area (Å²) >= 11 is 7.66. The fraction of sp³-hybridized carbons (Fsp3) is 0.692. The van der Waals surface area contributed by atoms with Gasteiger partial charge in [0.2, 0.25) is 0 Å². The van der Waals surface area contributed by atoms with Gasteiger partial charge in [-0.3, -0.25) is 0 Å². The zero-order chi connectivity index (χ0) is 12.7. The minimum atomic E-state index is 0.700. The van der Waals surface area contributed by atoms with Crippen LogP contribution < -0.4 is 5.32 Å². The number of nitrogens with one attached hydrogen (secondary N) is 1. The monoisotopic (exact) mass is 275 g/mol. The van der Waals surface area contributed by atoms with Crippen LogP contribution in [0.4, 0.5) is 0 Å². The molecule has 0 aromatic carbocycles. The van der Waals surface area contributed by atoms with E-state index in [-0.39, 0.29) is 0 Å². The van der Waals surface area contributed by atoms with E-state index >= 15 is 0 Å². The van der Waals surface area contributed by atoms with E-state index in [4.69, 9.17) is 16.3 Å². The Kier molecular flexibility index (Phi) is 7.12. The molecule has 0 unspecified atom stereocenters. The van der Waals surface area contributed by atoms with Crippen molar-refractivity contribution in [3.05, 3.63) is 20.8 Å². The summed E-state index contributed by atoms with van der Waals surface area (Å²) in [7, 11) is 0. The third-order valence-electron chi connectivity index (χ3n) is 2.38. The number of rotatable bonds is 8. The number of halogens is 1. The topological polar surface area (TPSA) is 21.3 Å². The maximum absolute atomic E-state index is 6.01. The first-order chi connectivity index (χ1) is 8.09. The second-order valence-electron chi connectivity index (χ2n) is 4.63. The summed E-state index contributed by atoms with van der Waals surface area (Å²) in [4.78, 5) is 1.31. The Bertz CT molecular complexity index is 306. The number of aryl methyl sites for hydroxylation is 1. The van der Waals surface area contributed by atoms with Gasteiger partial charge < -0.3 is 10.1 Å². The molecule has 0 atom stereocenters. The van der Waals surface area contributed by atoms with E-state index in [0.29, 0.717) is 5.92 Å². The first-order valence-electron chi connectivity index (χ1n) is 6.13. The molecule has 1 aromatic heterocycles. The van der Waals surface area contributed by atoms with Gasteiger partial charge in [0.05, 0.1) is 17.6 Å². The SMILES string of the molecule is Cc1cc(CCOCCNCC(C)C)sc1Cl. The average Bonchev–Trinajstić information content (AvgIpc) is 2.56. The molecule has 1 aromatic rings. The van der Waals surface area contributed by atoms with Crippen molar-refractivity contribution in [2.45, 2.75) is 27.2 Å². The van der Waals surface area contributed by atoms with Crippen molar-refractivity contribution in [1.29, 1.82) is 0 Å². The zero-order valence-electron chi connectivity index (χ0n) is 10.9. The highest BCUT2D eigenvalue weighted by atomic mass is 35.5. The van der Waals surface area contributed by atoms with E-state index in [1.54, 1.807) is 11.3 Å². The van der Waals surface area contributed by atoms with Crippen LogP contribution in [-0.4, -0.2) is 26.3 Å². The Hall–Kier alpha value is -0.0900. The van der Waals surface area contributed by atoms with E-state index in [2.05, 4.69) is 25.2 Å². The molecule has 1 rings (SSSR count). The predicted octanol–water partition coefficient (Wildman–Crippen LogP) is 3.51. The normalized spacial score (nSPS) is 11.4. The molecule has 1 heterocycles. The quantitative estimate of drug-likeness (QED) is 0.733. The first-order valence-corrected chi connectivity index (χ1v) is 7.32. The molecular weight excluding hydrogens is 254 g/mol. The van der Waals surface area contributed by atoms with Gasteiger partial charge in [-0.15, -0.1) is 11.3 Å². The third-order valence-corrected chi connectivity index (χ3v) is 3.99. The van der Waals surface area contributed by atoms with Crippen LogP contribution in [0.1, 0.15) is 24.3 Å². The van der Waals surface area contributed by atoms with Crippen LogP contribution in [0.5, 0.6) is 0 Å². The lowest BCUT2D eigenvalue weighted by Crippen LogP contribution is -2.24. The second kappa shape index (κ2) is 8.09. The molecule has 0 bridgehead atoms. The van der Waals surface area contributed by atoms with Crippen LogP contribution in [0.15, 0.2) is 6.07 Å². The largest absolute Gasteiger partial charge is 0.380 e. The van der Waals surface area contributed by atoms with E-state index in [0.717, 1.165) is 37.1 Å². The van der Waals surface area contributed by atoms with Crippen molar-refractivity contribution in [3.8, 4) is 0 Å². The van der Waals surface area contributed by atoms with Crippen LogP contribution in [0.2, 0.25) is 4.34 Å². The number of hydrogen-bond donors (Lipinski definition) is 1. The zero-order valence-corrected chi connectivity index (χ0v) is 12.5. The Balaban J connectivity index is 2.01. The van der Waals surface area contributed by atoms with Crippen LogP contribution in [0.3, 0.4) is 0 Å². The van der Waals surface area contributed by atoms with E-state index in [1.165, 1.54) is 10.4 Å². The summed E-state index contributed by atoms with van der Waals surface area (Å²) in [6.07, 6.45) is 0.961. The third kappa shape index (κ3) is 6.41. The minimum Gasteiger partial charge on any atom is -0.380 e. The Morgan fingerprint density at radius 3 is 2.76 bits per heavy atom. The van der Waals surface area contributed by atoms with Crippen LogP contribution in [0.25, 0.3) is 0 Å². The molecule has 0 saturated carbocycles. The molecule has 98 valence electrons. The fourth-order valence-electron chi connectivity index (χ4n) is 1.46. The molecule has 0 aliphatic heterocycles. The highest BCUT2D eigenvalue weighted by molar-refractivity contribution is 7.16. The molecule has 0 spiro atoms. The van der Waals surface area contributed by atoms with Gasteiger partial charge in [0.15, 0.2) is 0 Å². The Morgan fingerprint density at radius 1 is 1.41 bits per heavy atom. The summed E-state index contributed by atoms with van der Waals surface area (Å²) in [5.74, 6) is 0.700. The van der Waals surface area contributed by atoms with Crippen molar-refractivity contribution in [3.63, 3.8) is 0 Å². The van der Waals surface area contributed by atoms with E-state index in [1.807, 2.05) is 6.92 Å². The maximum atomic E-state index is 6.01. The lowest BCUT2D eigenvalue weighted by atomic mass is 10.2. The molecule has 1 N–H and O–H groups in total. The summed E-state index contributed by atoms with van der Waals surface area (Å²) in [6.45, 7) is 10.0. The van der Waals surface area contributed by atoms with Crippen LogP contribution >= 0.6 is 22.9 Å². The average molecular weight is 276 g/mol. The highest BCUT2D eigenvalue weighted by Gasteiger charge is 2.02.